The zero-order valence-corrected chi connectivity index (χ0v) is 14.0. The van der Waals surface area contributed by atoms with E-state index in [-0.39, 0.29) is 18.2 Å². The molecule has 0 unspecified atom stereocenters. The van der Waals surface area contributed by atoms with Gasteiger partial charge in [0.2, 0.25) is 15.9 Å². The average Bonchev–Trinajstić information content (AvgIpc) is 3.02. The van der Waals surface area contributed by atoms with E-state index in [9.17, 15) is 13.2 Å². The smallest absolute Gasteiger partial charge is 0.247 e. The Balaban J connectivity index is 2.10. The van der Waals surface area contributed by atoms with Crippen LogP contribution in [0.2, 0.25) is 0 Å². The molecule has 23 heavy (non-hydrogen) atoms. The van der Waals surface area contributed by atoms with Crippen LogP contribution in [-0.2, 0) is 14.8 Å². The largest absolute Gasteiger partial charge is 0.353 e. The minimum atomic E-state index is -3.33. The second-order valence-corrected chi connectivity index (χ2v) is 7.64. The van der Waals surface area contributed by atoms with Crippen molar-refractivity contribution in [3.05, 3.63) is 60.4 Å². The van der Waals surface area contributed by atoms with Crippen molar-refractivity contribution >= 4 is 15.9 Å². The molecule has 1 heterocycles. The topological polar surface area (TPSA) is 71.4 Å². The Morgan fingerprint density at radius 2 is 1.74 bits per heavy atom. The normalized spacial score (nSPS) is 13.0. The van der Waals surface area contributed by atoms with Crippen molar-refractivity contribution in [3.8, 4) is 0 Å². The van der Waals surface area contributed by atoms with Crippen LogP contribution < -0.4 is 5.32 Å². The van der Waals surface area contributed by atoms with Gasteiger partial charge in [0, 0.05) is 33.0 Å². The Morgan fingerprint density at radius 3 is 2.30 bits per heavy atom. The van der Waals surface area contributed by atoms with Crippen molar-refractivity contribution < 1.29 is 13.2 Å². The minimum absolute atomic E-state index is 0.0734. The molecule has 2 aromatic rings. The van der Waals surface area contributed by atoms with E-state index in [1.807, 2.05) is 54.9 Å². The van der Waals surface area contributed by atoms with Gasteiger partial charge in [-0.1, -0.05) is 30.3 Å². The number of rotatable bonds is 7. The van der Waals surface area contributed by atoms with Crippen LogP contribution in [0, 0.1) is 0 Å². The van der Waals surface area contributed by atoms with Gasteiger partial charge in [-0.25, -0.2) is 12.7 Å². The first kappa shape index (κ1) is 17.2. The lowest BCUT2D eigenvalue weighted by atomic mass is 10.1. The monoisotopic (exact) mass is 335 g/mol. The molecule has 0 radical (unpaired) electrons. The first-order valence-corrected chi connectivity index (χ1v) is 8.88. The van der Waals surface area contributed by atoms with E-state index in [0.717, 1.165) is 9.87 Å². The molecule has 1 atom stereocenters. The molecule has 7 heteroatoms. The van der Waals surface area contributed by atoms with Crippen molar-refractivity contribution in [2.24, 2.45) is 0 Å². The maximum absolute atomic E-state index is 12.6. The summed E-state index contributed by atoms with van der Waals surface area (Å²) in [6.07, 6.45) is 3.63. The van der Waals surface area contributed by atoms with Crippen molar-refractivity contribution in [3.63, 3.8) is 0 Å². The van der Waals surface area contributed by atoms with E-state index in [1.165, 1.54) is 14.1 Å². The second kappa shape index (κ2) is 7.43. The summed E-state index contributed by atoms with van der Waals surface area (Å²) in [6, 6.07) is 12.6. The highest BCUT2D eigenvalue weighted by Gasteiger charge is 2.22. The maximum atomic E-state index is 12.6. The fourth-order valence-electron chi connectivity index (χ4n) is 2.20. The predicted molar refractivity (Wildman–Crippen MR) is 89.5 cm³/mol. The first-order chi connectivity index (χ1) is 10.9. The fraction of sp³-hybridized carbons (Fsp3) is 0.312. The van der Waals surface area contributed by atoms with Gasteiger partial charge >= 0.3 is 0 Å². The van der Waals surface area contributed by atoms with Gasteiger partial charge in [0.05, 0.1) is 5.75 Å². The molecule has 1 amide bonds. The summed E-state index contributed by atoms with van der Waals surface area (Å²) in [5.41, 5.74) is 0.844. The van der Waals surface area contributed by atoms with E-state index in [2.05, 4.69) is 5.32 Å². The lowest BCUT2D eigenvalue weighted by Gasteiger charge is -2.19. The van der Waals surface area contributed by atoms with Crippen LogP contribution in [0.1, 0.15) is 11.6 Å². The van der Waals surface area contributed by atoms with Crippen LogP contribution in [0.15, 0.2) is 54.9 Å². The summed E-state index contributed by atoms with van der Waals surface area (Å²) in [5, 5.41) is 2.71. The van der Waals surface area contributed by atoms with Gasteiger partial charge < -0.3 is 9.88 Å². The lowest BCUT2D eigenvalue weighted by molar-refractivity contribution is -0.123. The van der Waals surface area contributed by atoms with E-state index < -0.39 is 16.1 Å². The summed E-state index contributed by atoms with van der Waals surface area (Å²) in [7, 11) is -0.374. The van der Waals surface area contributed by atoms with Crippen molar-refractivity contribution in [2.45, 2.75) is 6.04 Å². The Bertz CT molecular complexity index is 725. The number of nitrogens with zero attached hydrogens (tertiary/aromatic N) is 2. The molecule has 2 rings (SSSR count). The standard InChI is InChI=1S/C16H21N3O3S/c1-18(2)23(21,22)13-10-17-16(20)15(19-11-6-7-12-19)14-8-4-3-5-9-14/h3-9,11-12,15H,10,13H2,1-2H3,(H,17,20)/t15-/m0/s1. The molecule has 0 bridgehead atoms. The summed E-state index contributed by atoms with van der Waals surface area (Å²) >= 11 is 0. The molecule has 1 aromatic carbocycles. The SMILES string of the molecule is CN(C)S(=O)(=O)CCNC(=O)[C@H](c1ccccc1)n1cccc1. The Morgan fingerprint density at radius 1 is 1.13 bits per heavy atom. The van der Waals surface area contributed by atoms with Crippen LogP contribution in [0.3, 0.4) is 0 Å². The average molecular weight is 335 g/mol. The summed E-state index contributed by atoms with van der Waals surface area (Å²) in [6.45, 7) is 0.0734. The first-order valence-electron chi connectivity index (χ1n) is 7.27. The maximum Gasteiger partial charge on any atom is 0.247 e. The predicted octanol–water partition coefficient (Wildman–Crippen LogP) is 1.09. The van der Waals surface area contributed by atoms with Gasteiger partial charge in [-0.3, -0.25) is 4.79 Å². The Labute approximate surface area is 136 Å². The third-order valence-corrected chi connectivity index (χ3v) is 5.34. The van der Waals surface area contributed by atoms with Crippen LogP contribution >= 0.6 is 0 Å². The second-order valence-electron chi connectivity index (χ2n) is 5.33. The minimum Gasteiger partial charge on any atom is -0.353 e. The molecule has 6 nitrogen and oxygen atoms in total. The van der Waals surface area contributed by atoms with Gasteiger partial charge in [-0.2, -0.15) is 0 Å². The highest BCUT2D eigenvalue weighted by molar-refractivity contribution is 7.89. The number of hydrogen-bond donors (Lipinski definition) is 1. The number of aromatic nitrogens is 1. The summed E-state index contributed by atoms with van der Waals surface area (Å²) < 4.78 is 26.4. The molecular weight excluding hydrogens is 314 g/mol. The van der Waals surface area contributed by atoms with Crippen molar-refractivity contribution in [1.29, 1.82) is 0 Å². The molecule has 1 N–H and O–H groups in total. The molecule has 0 saturated heterocycles. The lowest BCUT2D eigenvalue weighted by Crippen LogP contribution is -2.37. The number of carbonyl (C=O) groups is 1. The molecule has 0 fully saturated rings. The third kappa shape index (κ3) is 4.43. The van der Waals surface area contributed by atoms with Gasteiger partial charge in [-0.15, -0.1) is 0 Å². The van der Waals surface area contributed by atoms with Crippen LogP contribution in [0.5, 0.6) is 0 Å². The van der Waals surface area contributed by atoms with Crippen LogP contribution in [-0.4, -0.2) is 49.6 Å². The Hall–Kier alpha value is -2.12. The number of hydrogen-bond acceptors (Lipinski definition) is 3. The number of nitrogens with one attached hydrogen (secondary N) is 1. The molecule has 0 spiro atoms. The highest BCUT2D eigenvalue weighted by Crippen LogP contribution is 2.18. The highest BCUT2D eigenvalue weighted by atomic mass is 32.2. The van der Waals surface area contributed by atoms with E-state index in [0.29, 0.717) is 0 Å². The quantitative estimate of drug-likeness (QED) is 0.823. The van der Waals surface area contributed by atoms with Crippen LogP contribution in [0.4, 0.5) is 0 Å². The fourth-order valence-corrected chi connectivity index (χ4v) is 2.92. The van der Waals surface area contributed by atoms with Gasteiger partial charge in [0.1, 0.15) is 6.04 Å². The summed E-state index contributed by atoms with van der Waals surface area (Å²) in [4.78, 5) is 12.6. The molecule has 0 aliphatic carbocycles. The number of benzene rings is 1. The van der Waals surface area contributed by atoms with E-state index in [1.54, 1.807) is 4.57 Å². The molecule has 0 aliphatic rings. The molecule has 0 aliphatic heterocycles. The van der Waals surface area contributed by atoms with Gasteiger partial charge in [0.15, 0.2) is 0 Å². The molecule has 0 saturated carbocycles. The van der Waals surface area contributed by atoms with Crippen LogP contribution in [0.25, 0.3) is 0 Å². The van der Waals surface area contributed by atoms with E-state index in [4.69, 9.17) is 0 Å². The van der Waals surface area contributed by atoms with Crippen molar-refractivity contribution in [2.75, 3.05) is 26.4 Å². The van der Waals surface area contributed by atoms with E-state index >= 15 is 0 Å². The number of sulfonamides is 1. The Kier molecular flexibility index (Phi) is 5.57. The zero-order chi connectivity index (χ0) is 16.9. The third-order valence-electron chi connectivity index (χ3n) is 3.50. The number of amides is 1. The summed E-state index contributed by atoms with van der Waals surface area (Å²) in [5.74, 6) is -0.361. The molecule has 1 aromatic heterocycles. The van der Waals surface area contributed by atoms with Gasteiger partial charge in [0.25, 0.3) is 0 Å². The van der Waals surface area contributed by atoms with Gasteiger partial charge in [-0.05, 0) is 17.7 Å². The molecular formula is C16H21N3O3S. The van der Waals surface area contributed by atoms with Crippen molar-refractivity contribution in [1.82, 2.24) is 14.2 Å². The zero-order valence-electron chi connectivity index (χ0n) is 13.2. The number of carbonyl (C=O) groups excluding carboxylic acids is 1. The molecule has 124 valence electrons.